The fourth-order valence-electron chi connectivity index (χ4n) is 5.34. The quantitative estimate of drug-likeness (QED) is 0.651. The zero-order valence-electron chi connectivity index (χ0n) is 18.0. The third kappa shape index (κ3) is 3.79. The van der Waals surface area contributed by atoms with Gasteiger partial charge in [-0.3, -0.25) is 4.79 Å². The highest BCUT2D eigenvalue weighted by atomic mass is 32.2. The number of carbonyl (C=O) groups is 2. The molecule has 32 heavy (non-hydrogen) atoms. The minimum Gasteiger partial charge on any atom is -0.447 e. The third-order valence-corrected chi connectivity index (χ3v) is 7.86. The van der Waals surface area contributed by atoms with Crippen molar-refractivity contribution in [2.24, 2.45) is 0 Å². The van der Waals surface area contributed by atoms with Crippen LogP contribution in [0.4, 0.5) is 10.5 Å². The van der Waals surface area contributed by atoms with E-state index < -0.39 is 16.1 Å². The lowest BCUT2D eigenvalue weighted by molar-refractivity contribution is -0.119. The zero-order valence-corrected chi connectivity index (χ0v) is 18.9. The van der Waals surface area contributed by atoms with Crippen LogP contribution in [-0.4, -0.2) is 20.4 Å². The first kappa shape index (κ1) is 21.1. The smallest absolute Gasteiger partial charge is 0.333 e. The molecule has 3 aliphatic carbocycles. The Morgan fingerprint density at radius 1 is 0.969 bits per heavy atom. The molecular weight excluding hydrogens is 430 g/mol. The second kappa shape index (κ2) is 7.95. The number of amides is 3. The summed E-state index contributed by atoms with van der Waals surface area (Å²) in [5, 5.41) is 5.36. The lowest BCUT2D eigenvalue weighted by Gasteiger charge is -2.21. The van der Waals surface area contributed by atoms with Crippen molar-refractivity contribution in [3.05, 3.63) is 45.7 Å². The fourth-order valence-corrected chi connectivity index (χ4v) is 6.22. The van der Waals surface area contributed by atoms with Gasteiger partial charge in [0, 0.05) is 30.7 Å². The number of rotatable bonds is 4. The van der Waals surface area contributed by atoms with Crippen LogP contribution in [0.5, 0.6) is 0 Å². The zero-order chi connectivity index (χ0) is 22.5. The van der Waals surface area contributed by atoms with Crippen LogP contribution < -0.4 is 15.4 Å². The molecule has 170 valence electrons. The molecule has 3 amide bonds. The minimum atomic E-state index is -4.20. The molecule has 1 heterocycles. The molecular formula is C23H27N3O5S. The number of carbonyl (C=O) groups excluding carboxylic acids is 2. The lowest BCUT2D eigenvalue weighted by atomic mass is 9.93. The summed E-state index contributed by atoms with van der Waals surface area (Å²) in [6, 6.07) is 2.60. The Balaban J connectivity index is 1.37. The Hall–Kier alpha value is -2.81. The summed E-state index contributed by atoms with van der Waals surface area (Å²) in [6.07, 6.45) is 7.93. The van der Waals surface area contributed by atoms with E-state index in [2.05, 4.69) is 21.4 Å². The molecule has 0 saturated heterocycles. The molecule has 9 heteroatoms. The molecule has 5 rings (SSSR count). The number of fused-ring (bicyclic) bond motifs is 3. The minimum absolute atomic E-state index is 0.186. The molecule has 0 bridgehead atoms. The van der Waals surface area contributed by atoms with Gasteiger partial charge in [-0.05, 0) is 73.6 Å². The summed E-state index contributed by atoms with van der Waals surface area (Å²) >= 11 is 0. The second-order valence-electron chi connectivity index (χ2n) is 8.88. The average Bonchev–Trinajstić information content (AvgIpc) is 3.46. The van der Waals surface area contributed by atoms with Gasteiger partial charge < -0.3 is 15.1 Å². The Kier molecular flexibility index (Phi) is 5.23. The number of benzene rings is 1. The Morgan fingerprint density at radius 2 is 1.66 bits per heavy atom. The number of hydrogen-bond acceptors (Lipinski definition) is 5. The highest BCUT2D eigenvalue weighted by Gasteiger charge is 2.31. The van der Waals surface area contributed by atoms with Crippen LogP contribution >= 0.6 is 0 Å². The molecule has 2 aromatic rings. The van der Waals surface area contributed by atoms with Gasteiger partial charge in [0.2, 0.25) is 11.0 Å². The van der Waals surface area contributed by atoms with Crippen molar-refractivity contribution < 1.29 is 22.4 Å². The van der Waals surface area contributed by atoms with E-state index >= 15 is 0 Å². The number of nitrogens with one attached hydrogen (secondary N) is 3. The molecule has 1 aromatic carbocycles. The normalized spacial score (nSPS) is 19.1. The van der Waals surface area contributed by atoms with Gasteiger partial charge in [-0.15, -0.1) is 0 Å². The first-order chi connectivity index (χ1) is 15.3. The van der Waals surface area contributed by atoms with Crippen molar-refractivity contribution in [1.29, 1.82) is 0 Å². The summed E-state index contributed by atoms with van der Waals surface area (Å²) in [4.78, 5) is 24.2. The molecule has 8 nitrogen and oxygen atoms in total. The van der Waals surface area contributed by atoms with Crippen LogP contribution in [0.25, 0.3) is 0 Å². The topological polar surface area (TPSA) is 118 Å². The Bertz CT molecular complexity index is 1180. The number of sulfonamides is 1. The van der Waals surface area contributed by atoms with Crippen LogP contribution in [0.15, 0.2) is 21.6 Å². The van der Waals surface area contributed by atoms with Crippen molar-refractivity contribution >= 4 is 27.6 Å². The first-order valence-corrected chi connectivity index (χ1v) is 12.7. The number of aryl methyl sites for hydroxylation is 3. The van der Waals surface area contributed by atoms with E-state index in [4.69, 9.17) is 4.42 Å². The van der Waals surface area contributed by atoms with Crippen LogP contribution in [0.1, 0.15) is 72.2 Å². The second-order valence-corrected chi connectivity index (χ2v) is 10.5. The Labute approximate surface area is 187 Å². The van der Waals surface area contributed by atoms with E-state index in [0.717, 1.165) is 61.8 Å². The lowest BCUT2D eigenvalue weighted by Crippen LogP contribution is -2.34. The summed E-state index contributed by atoms with van der Waals surface area (Å²) in [7, 11) is -4.20. The number of furan rings is 1. The van der Waals surface area contributed by atoms with E-state index in [0.29, 0.717) is 24.2 Å². The summed E-state index contributed by atoms with van der Waals surface area (Å²) in [5.74, 6) is 0.350. The summed E-state index contributed by atoms with van der Waals surface area (Å²) in [5.41, 5.74) is 6.21. The third-order valence-electron chi connectivity index (χ3n) is 6.67. The number of anilines is 1. The Morgan fingerprint density at radius 3 is 2.31 bits per heavy atom. The summed E-state index contributed by atoms with van der Waals surface area (Å²) in [6.45, 7) is 1.43. The highest BCUT2D eigenvalue weighted by molar-refractivity contribution is 7.89. The van der Waals surface area contributed by atoms with Gasteiger partial charge in [-0.1, -0.05) is 6.07 Å². The SMILES string of the molecule is CC(=O)NC1CCCc2oc(S(=O)(=O)NC(=O)Nc3c4c(cc5c3CCC5)CCC4)cc21. The predicted octanol–water partition coefficient (Wildman–Crippen LogP) is 3.28. The van der Waals surface area contributed by atoms with E-state index in [9.17, 15) is 18.0 Å². The van der Waals surface area contributed by atoms with Crippen LogP contribution in [0, 0.1) is 0 Å². The molecule has 3 aliphatic rings. The predicted molar refractivity (Wildman–Crippen MR) is 118 cm³/mol. The van der Waals surface area contributed by atoms with E-state index in [1.54, 1.807) is 0 Å². The molecule has 0 saturated carbocycles. The van der Waals surface area contributed by atoms with Crippen LogP contribution in [0.2, 0.25) is 0 Å². The molecule has 0 fully saturated rings. The maximum Gasteiger partial charge on any atom is 0.333 e. The van der Waals surface area contributed by atoms with Gasteiger partial charge in [0.05, 0.1) is 6.04 Å². The fraction of sp³-hybridized carbons (Fsp3) is 0.478. The van der Waals surface area contributed by atoms with E-state index in [1.165, 1.54) is 24.1 Å². The van der Waals surface area contributed by atoms with Crippen molar-refractivity contribution in [3.8, 4) is 0 Å². The van der Waals surface area contributed by atoms with Crippen molar-refractivity contribution in [3.63, 3.8) is 0 Å². The molecule has 1 unspecified atom stereocenters. The van der Waals surface area contributed by atoms with E-state index in [-0.39, 0.29) is 17.0 Å². The van der Waals surface area contributed by atoms with Gasteiger partial charge in [0.15, 0.2) is 0 Å². The van der Waals surface area contributed by atoms with Gasteiger partial charge in [-0.25, -0.2) is 9.52 Å². The molecule has 0 radical (unpaired) electrons. The largest absolute Gasteiger partial charge is 0.447 e. The van der Waals surface area contributed by atoms with Crippen molar-refractivity contribution in [2.75, 3.05) is 5.32 Å². The average molecular weight is 458 g/mol. The van der Waals surface area contributed by atoms with Gasteiger partial charge in [0.25, 0.3) is 10.0 Å². The first-order valence-electron chi connectivity index (χ1n) is 11.2. The summed E-state index contributed by atoms with van der Waals surface area (Å²) < 4.78 is 33.5. The van der Waals surface area contributed by atoms with Crippen molar-refractivity contribution in [1.82, 2.24) is 10.0 Å². The number of urea groups is 1. The van der Waals surface area contributed by atoms with Gasteiger partial charge in [-0.2, -0.15) is 8.42 Å². The van der Waals surface area contributed by atoms with Gasteiger partial charge >= 0.3 is 6.03 Å². The van der Waals surface area contributed by atoms with Crippen molar-refractivity contribution in [2.45, 2.75) is 75.8 Å². The molecule has 1 aromatic heterocycles. The van der Waals surface area contributed by atoms with E-state index in [1.807, 2.05) is 0 Å². The number of hydrogen-bond donors (Lipinski definition) is 3. The molecule has 3 N–H and O–H groups in total. The molecule has 1 atom stereocenters. The maximum absolute atomic E-state index is 12.9. The monoisotopic (exact) mass is 457 g/mol. The molecule has 0 aliphatic heterocycles. The molecule has 0 spiro atoms. The van der Waals surface area contributed by atoms with Crippen LogP contribution in [0.3, 0.4) is 0 Å². The van der Waals surface area contributed by atoms with Gasteiger partial charge in [0.1, 0.15) is 5.76 Å². The van der Waals surface area contributed by atoms with Crippen LogP contribution in [-0.2, 0) is 46.9 Å². The maximum atomic E-state index is 12.9. The highest BCUT2D eigenvalue weighted by Crippen LogP contribution is 2.39. The standard InChI is InChI=1S/C23H27N3O5S/c1-13(27)24-19-9-4-10-20-18(19)12-21(31-20)32(29,30)26-23(28)25-22-16-7-2-5-14(16)11-15-6-3-8-17(15)22/h11-12,19H,2-10H2,1H3,(H,24,27)(H2,25,26,28).